The standard InChI is InChI=1S/C20H28N2O2/c1-4-15-7-5-6-8-16(15)12-21-10-9-20-18(21)11-19(23)22(20)17(13-24-20)14(2)3/h5-8,14,17-18H,4,9-13H2,1-3H3/t17-,18+,20-/m0/s1. The van der Waals surface area contributed by atoms with Gasteiger partial charge in [0.15, 0.2) is 5.72 Å². The van der Waals surface area contributed by atoms with Gasteiger partial charge in [0, 0.05) is 25.9 Å². The first-order valence-corrected chi connectivity index (χ1v) is 9.33. The summed E-state index contributed by atoms with van der Waals surface area (Å²) in [6.07, 6.45) is 2.61. The maximum Gasteiger partial charge on any atom is 0.226 e. The Morgan fingerprint density at radius 2 is 2.04 bits per heavy atom. The summed E-state index contributed by atoms with van der Waals surface area (Å²) < 4.78 is 6.32. The molecule has 24 heavy (non-hydrogen) atoms. The lowest BCUT2D eigenvalue weighted by Gasteiger charge is -2.34. The minimum absolute atomic E-state index is 0.207. The summed E-state index contributed by atoms with van der Waals surface area (Å²) in [5.41, 5.74) is 2.45. The second kappa shape index (κ2) is 5.85. The van der Waals surface area contributed by atoms with Gasteiger partial charge in [-0.1, -0.05) is 45.0 Å². The summed E-state index contributed by atoms with van der Waals surface area (Å²) in [5, 5.41) is 0. The molecule has 1 aromatic carbocycles. The zero-order valence-electron chi connectivity index (χ0n) is 15.0. The molecule has 3 fully saturated rings. The minimum atomic E-state index is -0.354. The van der Waals surface area contributed by atoms with E-state index in [1.165, 1.54) is 11.1 Å². The van der Waals surface area contributed by atoms with E-state index in [1.807, 2.05) is 0 Å². The summed E-state index contributed by atoms with van der Waals surface area (Å²) in [6, 6.07) is 9.12. The zero-order chi connectivity index (χ0) is 16.9. The van der Waals surface area contributed by atoms with Gasteiger partial charge in [-0.3, -0.25) is 9.69 Å². The lowest BCUT2D eigenvalue weighted by molar-refractivity contribution is -0.139. The summed E-state index contributed by atoms with van der Waals surface area (Å²) in [5.74, 6) is 0.728. The first-order chi connectivity index (χ1) is 11.6. The van der Waals surface area contributed by atoms with Crippen molar-refractivity contribution >= 4 is 5.91 Å². The van der Waals surface area contributed by atoms with Crippen molar-refractivity contribution in [1.29, 1.82) is 0 Å². The molecule has 1 spiro atoms. The van der Waals surface area contributed by atoms with Crippen LogP contribution in [0.25, 0.3) is 0 Å². The molecule has 0 radical (unpaired) electrons. The summed E-state index contributed by atoms with van der Waals surface area (Å²) in [7, 11) is 0. The van der Waals surface area contributed by atoms with Crippen LogP contribution in [-0.4, -0.2) is 46.7 Å². The molecule has 3 heterocycles. The molecule has 0 bridgehead atoms. The molecule has 0 saturated carbocycles. The van der Waals surface area contributed by atoms with Gasteiger partial charge in [0.1, 0.15) is 0 Å². The Labute approximate surface area is 144 Å². The molecule has 1 aromatic rings. The molecule has 4 heteroatoms. The smallest absolute Gasteiger partial charge is 0.226 e. The average Bonchev–Trinajstić information content (AvgIpc) is 3.19. The van der Waals surface area contributed by atoms with Gasteiger partial charge in [0.25, 0.3) is 0 Å². The van der Waals surface area contributed by atoms with E-state index >= 15 is 0 Å². The zero-order valence-corrected chi connectivity index (χ0v) is 15.0. The molecule has 3 aliphatic rings. The quantitative estimate of drug-likeness (QED) is 0.852. The molecular formula is C20H28N2O2. The van der Waals surface area contributed by atoms with Crippen LogP contribution in [0.3, 0.4) is 0 Å². The van der Waals surface area contributed by atoms with Crippen molar-refractivity contribution in [1.82, 2.24) is 9.80 Å². The van der Waals surface area contributed by atoms with Crippen LogP contribution < -0.4 is 0 Å². The van der Waals surface area contributed by atoms with Crippen molar-refractivity contribution in [2.24, 2.45) is 5.92 Å². The molecule has 130 valence electrons. The van der Waals surface area contributed by atoms with Crippen LogP contribution in [0.5, 0.6) is 0 Å². The monoisotopic (exact) mass is 328 g/mol. The Morgan fingerprint density at radius 3 is 2.75 bits per heavy atom. The molecule has 4 rings (SSSR count). The molecular weight excluding hydrogens is 300 g/mol. The van der Waals surface area contributed by atoms with Gasteiger partial charge in [-0.15, -0.1) is 0 Å². The second-order valence-electron chi connectivity index (χ2n) is 7.79. The first kappa shape index (κ1) is 16.1. The van der Waals surface area contributed by atoms with Crippen molar-refractivity contribution in [3.05, 3.63) is 35.4 Å². The number of nitrogens with zero attached hydrogens (tertiary/aromatic N) is 2. The molecule has 0 aliphatic carbocycles. The number of amides is 1. The number of benzene rings is 1. The third-order valence-corrected chi connectivity index (χ3v) is 6.24. The van der Waals surface area contributed by atoms with E-state index in [-0.39, 0.29) is 23.7 Å². The fourth-order valence-electron chi connectivity index (χ4n) is 4.92. The predicted octanol–water partition coefficient (Wildman–Crippen LogP) is 2.81. The predicted molar refractivity (Wildman–Crippen MR) is 93.4 cm³/mol. The summed E-state index contributed by atoms with van der Waals surface area (Å²) >= 11 is 0. The first-order valence-electron chi connectivity index (χ1n) is 9.33. The number of aryl methyl sites for hydroxylation is 1. The minimum Gasteiger partial charge on any atom is -0.352 e. The van der Waals surface area contributed by atoms with Crippen molar-refractivity contribution in [3.8, 4) is 0 Å². The Balaban J connectivity index is 1.59. The summed E-state index contributed by atoms with van der Waals surface area (Å²) in [6.45, 7) is 9.22. The molecule has 1 amide bonds. The Hall–Kier alpha value is -1.39. The number of hydrogen-bond acceptors (Lipinski definition) is 3. The molecule has 3 atom stereocenters. The van der Waals surface area contributed by atoms with E-state index in [1.54, 1.807) is 0 Å². The van der Waals surface area contributed by atoms with E-state index in [9.17, 15) is 4.79 Å². The molecule has 3 aliphatic heterocycles. The number of carbonyl (C=O) groups is 1. The van der Waals surface area contributed by atoms with Gasteiger partial charge in [-0.2, -0.15) is 0 Å². The van der Waals surface area contributed by atoms with Gasteiger partial charge < -0.3 is 9.64 Å². The molecule has 3 saturated heterocycles. The number of rotatable bonds is 4. The molecule has 4 nitrogen and oxygen atoms in total. The Bertz CT molecular complexity index is 644. The van der Waals surface area contributed by atoms with Crippen LogP contribution in [0.2, 0.25) is 0 Å². The van der Waals surface area contributed by atoms with Gasteiger partial charge in [-0.05, 0) is 23.5 Å². The van der Waals surface area contributed by atoms with Gasteiger partial charge in [0.2, 0.25) is 5.91 Å². The van der Waals surface area contributed by atoms with E-state index in [4.69, 9.17) is 4.74 Å². The van der Waals surface area contributed by atoms with Crippen LogP contribution in [0.15, 0.2) is 24.3 Å². The molecule has 0 N–H and O–H groups in total. The van der Waals surface area contributed by atoms with Crippen LogP contribution in [0.4, 0.5) is 0 Å². The fourth-order valence-corrected chi connectivity index (χ4v) is 4.92. The maximum absolute atomic E-state index is 12.7. The SMILES string of the molecule is CCc1ccccc1CN1CC[C@@]23OC[C@@H](C(C)C)N2C(=O)C[C@@H]13. The van der Waals surface area contributed by atoms with Crippen LogP contribution >= 0.6 is 0 Å². The normalized spacial score (nSPS) is 32.7. The maximum atomic E-state index is 12.7. The Morgan fingerprint density at radius 1 is 1.29 bits per heavy atom. The number of carbonyl (C=O) groups excluding carboxylic acids is 1. The highest BCUT2D eigenvalue weighted by atomic mass is 16.5. The van der Waals surface area contributed by atoms with Crippen molar-refractivity contribution in [2.75, 3.05) is 13.2 Å². The molecule has 0 unspecified atom stereocenters. The largest absolute Gasteiger partial charge is 0.352 e. The van der Waals surface area contributed by atoms with Crippen LogP contribution in [-0.2, 0) is 22.5 Å². The van der Waals surface area contributed by atoms with E-state index in [0.29, 0.717) is 18.9 Å². The number of hydrogen-bond donors (Lipinski definition) is 0. The summed E-state index contributed by atoms with van der Waals surface area (Å²) in [4.78, 5) is 17.3. The highest BCUT2D eigenvalue weighted by Gasteiger charge is 2.64. The second-order valence-corrected chi connectivity index (χ2v) is 7.79. The number of ether oxygens (including phenoxy) is 1. The highest BCUT2D eigenvalue weighted by Crippen LogP contribution is 2.49. The highest BCUT2D eigenvalue weighted by molar-refractivity contribution is 5.82. The van der Waals surface area contributed by atoms with Crippen LogP contribution in [0.1, 0.15) is 44.7 Å². The topological polar surface area (TPSA) is 32.8 Å². The van der Waals surface area contributed by atoms with E-state index < -0.39 is 0 Å². The van der Waals surface area contributed by atoms with Crippen molar-refractivity contribution < 1.29 is 9.53 Å². The van der Waals surface area contributed by atoms with Crippen molar-refractivity contribution in [2.45, 2.75) is 64.4 Å². The van der Waals surface area contributed by atoms with Gasteiger partial charge in [-0.25, -0.2) is 0 Å². The Kier molecular flexibility index (Phi) is 3.92. The third-order valence-electron chi connectivity index (χ3n) is 6.24. The lowest BCUT2D eigenvalue weighted by atomic mass is 10.0. The van der Waals surface area contributed by atoms with E-state index in [0.717, 1.165) is 25.9 Å². The fraction of sp³-hybridized carbons (Fsp3) is 0.650. The number of likely N-dealkylation sites (tertiary alicyclic amines) is 1. The van der Waals surface area contributed by atoms with Crippen molar-refractivity contribution in [3.63, 3.8) is 0 Å². The lowest BCUT2D eigenvalue weighted by Crippen LogP contribution is -2.50. The van der Waals surface area contributed by atoms with E-state index in [2.05, 4.69) is 54.8 Å². The van der Waals surface area contributed by atoms with Crippen LogP contribution in [0, 0.1) is 5.92 Å². The third kappa shape index (κ3) is 2.23. The molecule has 0 aromatic heterocycles. The van der Waals surface area contributed by atoms with Gasteiger partial charge >= 0.3 is 0 Å². The van der Waals surface area contributed by atoms with Gasteiger partial charge in [0.05, 0.1) is 18.7 Å². The average molecular weight is 328 g/mol.